The van der Waals surface area contributed by atoms with Crippen molar-refractivity contribution < 1.29 is 24.2 Å². The number of methoxy groups -OCH3 is 2. The van der Waals surface area contributed by atoms with Gasteiger partial charge < -0.3 is 19.5 Å². The summed E-state index contributed by atoms with van der Waals surface area (Å²) in [6, 6.07) is 8.35. The number of hydrogen-bond acceptors (Lipinski definition) is 6. The number of hydrogen-bond donors (Lipinski definition) is 1. The van der Waals surface area contributed by atoms with Crippen LogP contribution in [0.25, 0.3) is 5.76 Å². The maximum atomic E-state index is 12.8. The third-order valence-corrected chi connectivity index (χ3v) is 5.71. The molecule has 28 heavy (non-hydrogen) atoms. The fraction of sp³-hybridized carbons (Fsp3) is 0.333. The van der Waals surface area contributed by atoms with Gasteiger partial charge in [0.05, 0.1) is 18.7 Å². The fourth-order valence-corrected chi connectivity index (χ4v) is 4.25. The molecule has 1 aliphatic rings. The second-order valence-electron chi connectivity index (χ2n) is 6.54. The summed E-state index contributed by atoms with van der Waals surface area (Å²) in [6.45, 7) is 2.68. The third kappa shape index (κ3) is 3.68. The molecule has 7 heteroatoms. The van der Waals surface area contributed by atoms with Gasteiger partial charge in [0.2, 0.25) is 0 Å². The summed E-state index contributed by atoms with van der Waals surface area (Å²) >= 11 is 1.45. The maximum Gasteiger partial charge on any atom is 0.295 e. The lowest BCUT2D eigenvalue weighted by atomic mass is 9.97. The Morgan fingerprint density at radius 3 is 2.64 bits per heavy atom. The molecule has 1 unspecified atom stereocenters. The molecule has 1 amide bonds. The largest absolute Gasteiger partial charge is 0.507 e. The average Bonchev–Trinajstić information content (AvgIpc) is 3.30. The summed E-state index contributed by atoms with van der Waals surface area (Å²) in [5.41, 5.74) is 1.39. The second kappa shape index (κ2) is 8.58. The van der Waals surface area contributed by atoms with E-state index >= 15 is 0 Å². The number of aliphatic hydroxyl groups is 1. The average molecular weight is 401 g/mol. The zero-order valence-electron chi connectivity index (χ0n) is 16.1. The smallest absolute Gasteiger partial charge is 0.295 e. The summed E-state index contributed by atoms with van der Waals surface area (Å²) in [5.74, 6) is -0.763. The first-order valence-corrected chi connectivity index (χ1v) is 9.83. The lowest BCUT2D eigenvalue weighted by molar-refractivity contribution is -0.140. The molecule has 1 aromatic heterocycles. The Kier molecular flexibility index (Phi) is 6.16. The summed E-state index contributed by atoms with van der Waals surface area (Å²) < 4.78 is 10.3. The number of Topliss-reactive ketones (excluding diaryl/α,β-unsaturated/α-hetero) is 1. The molecule has 1 fully saturated rings. The first kappa shape index (κ1) is 20.1. The van der Waals surface area contributed by atoms with E-state index in [0.29, 0.717) is 30.9 Å². The number of benzene rings is 1. The van der Waals surface area contributed by atoms with Crippen molar-refractivity contribution in [3.8, 4) is 5.75 Å². The zero-order chi connectivity index (χ0) is 20.3. The molecule has 0 radical (unpaired) electrons. The highest BCUT2D eigenvalue weighted by Gasteiger charge is 2.46. The van der Waals surface area contributed by atoms with E-state index in [4.69, 9.17) is 9.47 Å². The molecule has 6 nitrogen and oxygen atoms in total. The van der Waals surface area contributed by atoms with Crippen LogP contribution in [0.4, 0.5) is 0 Å². The van der Waals surface area contributed by atoms with Crippen LogP contribution in [0.2, 0.25) is 0 Å². The summed E-state index contributed by atoms with van der Waals surface area (Å²) in [4.78, 5) is 27.9. The van der Waals surface area contributed by atoms with Crippen LogP contribution in [0.3, 0.4) is 0 Å². The zero-order valence-corrected chi connectivity index (χ0v) is 16.9. The number of ether oxygens (including phenoxy) is 2. The Bertz CT molecular complexity index is 904. The number of ketones is 1. The highest BCUT2D eigenvalue weighted by molar-refractivity contribution is 7.10. The van der Waals surface area contributed by atoms with Gasteiger partial charge in [-0.3, -0.25) is 9.59 Å². The van der Waals surface area contributed by atoms with Crippen LogP contribution in [0.5, 0.6) is 5.75 Å². The molecule has 3 rings (SSSR count). The highest BCUT2D eigenvalue weighted by Crippen LogP contribution is 2.41. The summed E-state index contributed by atoms with van der Waals surface area (Å²) in [6.07, 6.45) is 0.604. The monoisotopic (exact) mass is 401 g/mol. The Hall–Kier alpha value is -2.64. The number of carbonyl (C=O) groups is 2. The van der Waals surface area contributed by atoms with Crippen LogP contribution in [-0.4, -0.2) is 49.1 Å². The maximum absolute atomic E-state index is 12.8. The van der Waals surface area contributed by atoms with Crippen molar-refractivity contribution in [3.05, 3.63) is 57.3 Å². The standard InChI is InChI=1S/C21H23NO5S/c1-13-12-14(27-3)7-8-15(13)19(23)17-18(16-6-4-11-28-16)22(9-5-10-26-2)21(25)20(17)24/h4,6-8,11-12,18,23H,5,9-10H2,1-3H3. The first-order valence-electron chi connectivity index (χ1n) is 8.95. The SMILES string of the molecule is COCCCN1C(=O)C(=O)C(=C(O)c2ccc(OC)cc2C)C1c1cccs1. The van der Waals surface area contributed by atoms with E-state index in [-0.39, 0.29) is 11.3 Å². The molecule has 1 saturated heterocycles. The lowest BCUT2D eigenvalue weighted by Gasteiger charge is -2.24. The number of nitrogens with zero attached hydrogens (tertiary/aromatic N) is 1. The van der Waals surface area contributed by atoms with Crippen LogP contribution in [0.15, 0.2) is 41.3 Å². The Labute approximate surface area is 168 Å². The van der Waals surface area contributed by atoms with Gasteiger partial charge in [-0.2, -0.15) is 0 Å². The fourth-order valence-electron chi connectivity index (χ4n) is 3.41. The van der Waals surface area contributed by atoms with E-state index in [1.807, 2.05) is 24.4 Å². The number of thiophene rings is 1. The third-order valence-electron chi connectivity index (χ3n) is 4.79. The van der Waals surface area contributed by atoms with Crippen molar-refractivity contribution in [2.75, 3.05) is 27.4 Å². The van der Waals surface area contributed by atoms with E-state index < -0.39 is 17.7 Å². The second-order valence-corrected chi connectivity index (χ2v) is 7.51. The number of amides is 1. The number of aliphatic hydroxyl groups excluding tert-OH is 1. The van der Waals surface area contributed by atoms with Crippen molar-refractivity contribution in [1.29, 1.82) is 0 Å². The molecule has 2 heterocycles. The molecule has 1 aromatic carbocycles. The van der Waals surface area contributed by atoms with E-state index in [0.717, 1.165) is 10.4 Å². The molecule has 0 saturated carbocycles. The quantitative estimate of drug-likeness (QED) is 0.332. The Balaban J connectivity index is 2.09. The van der Waals surface area contributed by atoms with Crippen molar-refractivity contribution in [1.82, 2.24) is 4.90 Å². The number of aryl methyl sites for hydroxylation is 1. The molecular formula is C21H23NO5S. The number of likely N-dealkylation sites (tertiary alicyclic amines) is 1. The van der Waals surface area contributed by atoms with Gasteiger partial charge in [0.1, 0.15) is 11.5 Å². The number of carbonyl (C=O) groups excluding carboxylic acids is 2. The van der Waals surface area contributed by atoms with Crippen LogP contribution < -0.4 is 4.74 Å². The lowest BCUT2D eigenvalue weighted by Crippen LogP contribution is -2.31. The molecule has 1 N–H and O–H groups in total. The Morgan fingerprint density at radius 1 is 1.25 bits per heavy atom. The van der Waals surface area contributed by atoms with Gasteiger partial charge >= 0.3 is 0 Å². The van der Waals surface area contributed by atoms with Gasteiger partial charge in [-0.1, -0.05) is 6.07 Å². The van der Waals surface area contributed by atoms with Crippen LogP contribution in [-0.2, 0) is 14.3 Å². The van der Waals surface area contributed by atoms with E-state index in [2.05, 4.69) is 0 Å². The molecular weight excluding hydrogens is 378 g/mol. The molecule has 0 bridgehead atoms. The van der Waals surface area contributed by atoms with Crippen molar-refractivity contribution >= 4 is 28.8 Å². The number of rotatable bonds is 7. The Morgan fingerprint density at radius 2 is 2.04 bits per heavy atom. The molecule has 0 aliphatic carbocycles. The van der Waals surface area contributed by atoms with Gasteiger partial charge in [0, 0.05) is 30.7 Å². The van der Waals surface area contributed by atoms with E-state index in [1.165, 1.54) is 16.2 Å². The highest BCUT2D eigenvalue weighted by atomic mass is 32.1. The minimum atomic E-state index is -0.663. The van der Waals surface area contributed by atoms with Gasteiger partial charge in [0.25, 0.3) is 11.7 Å². The van der Waals surface area contributed by atoms with Gasteiger partial charge in [0.15, 0.2) is 0 Å². The van der Waals surface area contributed by atoms with Crippen molar-refractivity contribution in [2.24, 2.45) is 0 Å². The summed E-state index contributed by atoms with van der Waals surface area (Å²) in [5, 5.41) is 12.9. The van der Waals surface area contributed by atoms with Crippen molar-refractivity contribution in [3.63, 3.8) is 0 Å². The predicted octanol–water partition coefficient (Wildman–Crippen LogP) is 3.52. The first-order chi connectivity index (χ1) is 13.5. The minimum absolute atomic E-state index is 0.123. The van der Waals surface area contributed by atoms with Gasteiger partial charge in [-0.15, -0.1) is 11.3 Å². The predicted molar refractivity (Wildman–Crippen MR) is 108 cm³/mol. The van der Waals surface area contributed by atoms with Gasteiger partial charge in [-0.25, -0.2) is 0 Å². The van der Waals surface area contributed by atoms with Crippen LogP contribution in [0, 0.1) is 6.92 Å². The van der Waals surface area contributed by atoms with E-state index in [1.54, 1.807) is 32.4 Å². The van der Waals surface area contributed by atoms with Crippen LogP contribution >= 0.6 is 11.3 Å². The molecule has 0 spiro atoms. The topological polar surface area (TPSA) is 76.1 Å². The minimum Gasteiger partial charge on any atom is -0.507 e. The molecule has 148 valence electrons. The molecule has 2 aromatic rings. The summed E-state index contributed by atoms with van der Waals surface area (Å²) in [7, 11) is 3.16. The normalized spacial score (nSPS) is 18.7. The van der Waals surface area contributed by atoms with Crippen molar-refractivity contribution in [2.45, 2.75) is 19.4 Å². The van der Waals surface area contributed by atoms with Gasteiger partial charge in [-0.05, 0) is 48.6 Å². The van der Waals surface area contributed by atoms with Crippen LogP contribution in [0.1, 0.15) is 28.5 Å². The molecule has 1 aliphatic heterocycles. The molecule has 1 atom stereocenters. The van der Waals surface area contributed by atoms with E-state index in [9.17, 15) is 14.7 Å².